The molecule has 7 rings (SSSR count). The van der Waals surface area contributed by atoms with Gasteiger partial charge in [0.2, 0.25) is 12.2 Å². The first-order valence-electron chi connectivity index (χ1n) is 19.7. The number of halogens is 2. The quantitative estimate of drug-likeness (QED) is 0.0542. The lowest BCUT2D eigenvalue weighted by Gasteiger charge is -2.38. The van der Waals surface area contributed by atoms with Crippen LogP contribution in [0.5, 0.6) is 5.75 Å². The molecule has 4 aromatic rings. The van der Waals surface area contributed by atoms with E-state index in [9.17, 15) is 53.9 Å². The number of aliphatic hydroxyl groups is 4. The second-order valence-electron chi connectivity index (χ2n) is 15.0. The van der Waals surface area contributed by atoms with Crippen LogP contribution in [0.2, 0.25) is 5.02 Å². The molecule has 2 aromatic carbocycles. The van der Waals surface area contributed by atoms with Gasteiger partial charge in [0.25, 0.3) is 5.56 Å². The Labute approximate surface area is 361 Å². The van der Waals surface area contributed by atoms with E-state index in [2.05, 4.69) is 15.6 Å². The Hall–Kier alpha value is -5.78. The highest BCUT2D eigenvalue weighted by atomic mass is 35.5. The minimum Gasteiger partial charge on any atom is -0.479 e. The number of hydrogen-bond acceptors (Lipinski definition) is 16. The first-order valence-corrected chi connectivity index (χ1v) is 20.1. The third-order valence-electron chi connectivity index (χ3n) is 11.0. The Balaban J connectivity index is 1.11. The summed E-state index contributed by atoms with van der Waals surface area (Å²) in [6, 6.07) is 8.02. The van der Waals surface area contributed by atoms with Crippen molar-refractivity contribution < 1.29 is 72.8 Å². The predicted molar refractivity (Wildman–Crippen MR) is 216 cm³/mol. The first kappa shape index (κ1) is 45.3. The zero-order valence-corrected chi connectivity index (χ0v) is 34.2. The number of carboxylic acid groups (broad SMARTS) is 1. The van der Waals surface area contributed by atoms with Crippen LogP contribution in [0.3, 0.4) is 0 Å². The molecular weight excluding hydrogens is 857 g/mol. The zero-order valence-electron chi connectivity index (χ0n) is 33.5. The molecule has 2 aromatic heterocycles. The number of anilines is 1. The summed E-state index contributed by atoms with van der Waals surface area (Å²) in [5.41, 5.74) is 4.83. The van der Waals surface area contributed by atoms with E-state index in [0.29, 0.717) is 41.5 Å². The number of aliphatic hydroxyl groups excluding tert-OH is 3. The fourth-order valence-electron chi connectivity index (χ4n) is 7.56. The number of cyclic esters (lactones) is 1. The molecular formula is C41H43ClFN5O15. The molecule has 0 radical (unpaired) electrons. The van der Waals surface area contributed by atoms with Crippen molar-refractivity contribution in [2.45, 2.75) is 88.8 Å². The maximum Gasteiger partial charge on any atom is 0.407 e. The number of nitrogens with two attached hydrogens (primary N) is 1. The first-order chi connectivity index (χ1) is 30.1. The Morgan fingerprint density at radius 1 is 1.08 bits per heavy atom. The molecule has 0 aliphatic carbocycles. The third-order valence-corrected chi connectivity index (χ3v) is 11.3. The van der Waals surface area contributed by atoms with Gasteiger partial charge in [-0.05, 0) is 61.2 Å². The number of amides is 2. The standard InChI is InChI=1S/C41H43ClFN5O15/c1-2-41(58)23-11-28-31-21(14-48(28)36(53)22(23)16-60-39(41)56)20(19-10-24(42)25(43)12-26(19)47-31)13-45-40(57)61-15-18-5-6-29(27(9-18)46-30(49)17-59-8-4-3-7-44)62-38-34(52)32(50)33(51)35(63-38)37(54)55/h5-6,9-12,32-35,38,50-52,58H,2-4,7-8,13-17,44H2,1H3,(H,45,57)(H,46,49)(H,54,55)/t32-,33-,34+,35-,38+,41+/m1/s1. The van der Waals surface area contributed by atoms with Gasteiger partial charge in [-0.2, -0.15) is 0 Å². The number of esters is 1. The van der Waals surface area contributed by atoms with E-state index in [0.717, 1.165) is 6.07 Å². The molecule has 0 unspecified atom stereocenters. The summed E-state index contributed by atoms with van der Waals surface area (Å²) in [7, 11) is 0. The lowest BCUT2D eigenvalue weighted by molar-refractivity contribution is -0.271. The number of alkyl carbamates (subject to hydrolysis) is 1. The molecule has 20 nitrogen and oxygen atoms in total. The normalized spacial score (nSPS) is 22.4. The number of rotatable bonds is 15. The summed E-state index contributed by atoms with van der Waals surface area (Å²) in [5.74, 6) is -4.11. The van der Waals surface area contributed by atoms with Gasteiger partial charge >= 0.3 is 18.0 Å². The van der Waals surface area contributed by atoms with Gasteiger partial charge in [-0.1, -0.05) is 24.6 Å². The lowest BCUT2D eigenvalue weighted by atomic mass is 9.86. The van der Waals surface area contributed by atoms with E-state index in [1.54, 1.807) is 6.92 Å². The Morgan fingerprint density at radius 2 is 1.86 bits per heavy atom. The molecule has 63 heavy (non-hydrogen) atoms. The molecule has 3 aliphatic heterocycles. The Morgan fingerprint density at radius 3 is 2.59 bits per heavy atom. The average molecular weight is 900 g/mol. The fourth-order valence-corrected chi connectivity index (χ4v) is 7.72. The summed E-state index contributed by atoms with van der Waals surface area (Å²) < 4.78 is 43.2. The van der Waals surface area contributed by atoms with Crippen molar-refractivity contribution in [1.29, 1.82) is 0 Å². The molecule has 0 saturated carbocycles. The number of hydrogen-bond donors (Lipinski definition) is 8. The topological polar surface area (TPSA) is 301 Å². The number of fused-ring (bicyclic) bond motifs is 5. The third kappa shape index (κ3) is 8.91. The average Bonchev–Trinajstić information content (AvgIpc) is 3.62. The molecule has 1 saturated heterocycles. The van der Waals surface area contributed by atoms with E-state index in [1.165, 1.54) is 34.9 Å². The van der Waals surface area contributed by atoms with Crippen molar-refractivity contribution in [2.24, 2.45) is 5.73 Å². The molecule has 336 valence electrons. The van der Waals surface area contributed by atoms with Crippen LogP contribution in [0.15, 0.2) is 41.2 Å². The Bertz CT molecular complexity index is 2540. The van der Waals surface area contributed by atoms with Crippen LogP contribution in [0, 0.1) is 5.82 Å². The smallest absolute Gasteiger partial charge is 0.407 e. The number of nitrogens with one attached hydrogen (secondary N) is 2. The van der Waals surface area contributed by atoms with Gasteiger partial charge in [-0.3, -0.25) is 9.59 Å². The summed E-state index contributed by atoms with van der Waals surface area (Å²) in [6.45, 7) is 0.855. The maximum absolute atomic E-state index is 14.8. The molecule has 6 atom stereocenters. The van der Waals surface area contributed by atoms with Gasteiger partial charge in [-0.25, -0.2) is 23.8 Å². The predicted octanol–water partition coefficient (Wildman–Crippen LogP) is 1.26. The number of carboxylic acids is 1. The maximum atomic E-state index is 14.8. The van der Waals surface area contributed by atoms with Crippen LogP contribution in [0.4, 0.5) is 14.9 Å². The number of nitrogens with zero attached hydrogens (tertiary/aromatic N) is 2. The number of unbranched alkanes of at least 4 members (excludes halogenated alkanes) is 1. The van der Waals surface area contributed by atoms with Crippen LogP contribution in [-0.4, -0.2) is 109 Å². The van der Waals surface area contributed by atoms with Crippen LogP contribution in [0.1, 0.15) is 54.0 Å². The molecule has 9 N–H and O–H groups in total. The highest BCUT2D eigenvalue weighted by Gasteiger charge is 2.49. The summed E-state index contributed by atoms with van der Waals surface area (Å²) in [5, 5.41) is 57.0. The highest BCUT2D eigenvalue weighted by molar-refractivity contribution is 6.31. The van der Waals surface area contributed by atoms with Gasteiger partial charge in [-0.15, -0.1) is 0 Å². The SMILES string of the molecule is CC[C@@]1(O)C(=O)OCc2c1cc1n(c2=O)Cc2c-1nc1cc(F)c(Cl)cc1c2CNC(=O)OCc1ccc(O[C@H]2O[C@@H](C(=O)O)[C@H](O)[C@@H](O)[C@@H]2O)c(NC(=O)COCCCCN)c1. The number of aromatic nitrogens is 2. The van der Waals surface area contributed by atoms with Crippen molar-refractivity contribution >= 4 is 52.1 Å². The van der Waals surface area contributed by atoms with Crippen molar-refractivity contribution in [2.75, 3.05) is 25.1 Å². The van der Waals surface area contributed by atoms with Gasteiger partial charge in [0.1, 0.15) is 49.7 Å². The number of aliphatic carboxylic acids is 1. The fraction of sp³-hybridized carbons (Fsp3) is 0.415. The number of benzene rings is 2. The minimum atomic E-state index is -2.08. The minimum absolute atomic E-state index is 0.0413. The largest absolute Gasteiger partial charge is 0.479 e. The van der Waals surface area contributed by atoms with Crippen LogP contribution in [0.25, 0.3) is 22.3 Å². The number of carbonyl (C=O) groups is 4. The van der Waals surface area contributed by atoms with E-state index < -0.39 is 78.2 Å². The summed E-state index contributed by atoms with van der Waals surface area (Å²) in [6.07, 6.45) is -9.36. The van der Waals surface area contributed by atoms with E-state index in [-0.39, 0.29) is 83.8 Å². The Kier molecular flexibility index (Phi) is 13.3. The molecule has 2 amide bonds. The zero-order chi connectivity index (χ0) is 45.3. The van der Waals surface area contributed by atoms with Crippen molar-refractivity contribution in [3.05, 3.63) is 85.4 Å². The number of ether oxygens (including phenoxy) is 5. The second-order valence-corrected chi connectivity index (χ2v) is 15.4. The van der Waals surface area contributed by atoms with Crippen molar-refractivity contribution in [1.82, 2.24) is 14.9 Å². The van der Waals surface area contributed by atoms with E-state index in [1.807, 2.05) is 0 Å². The van der Waals surface area contributed by atoms with Gasteiger partial charge in [0, 0.05) is 35.7 Å². The molecule has 0 spiro atoms. The van der Waals surface area contributed by atoms with Crippen LogP contribution in [-0.2, 0) is 65.2 Å². The molecule has 0 bridgehead atoms. The monoisotopic (exact) mass is 899 g/mol. The van der Waals surface area contributed by atoms with Gasteiger partial charge < -0.3 is 70.2 Å². The molecule has 5 heterocycles. The van der Waals surface area contributed by atoms with Crippen LogP contribution < -0.4 is 26.7 Å². The van der Waals surface area contributed by atoms with Gasteiger partial charge in [0.05, 0.1) is 39.7 Å². The molecule has 3 aliphatic rings. The molecule has 1 fully saturated rings. The van der Waals surface area contributed by atoms with Gasteiger partial charge in [0.15, 0.2) is 11.7 Å². The van der Waals surface area contributed by atoms with E-state index >= 15 is 0 Å². The summed E-state index contributed by atoms with van der Waals surface area (Å²) in [4.78, 5) is 68.9. The van der Waals surface area contributed by atoms with Crippen LogP contribution >= 0.6 is 11.6 Å². The van der Waals surface area contributed by atoms with Crippen molar-refractivity contribution in [3.8, 4) is 17.1 Å². The molecule has 22 heteroatoms. The highest BCUT2D eigenvalue weighted by Crippen LogP contribution is 2.41. The summed E-state index contributed by atoms with van der Waals surface area (Å²) >= 11 is 6.19. The number of pyridine rings is 2. The second kappa shape index (κ2) is 18.5. The lowest BCUT2D eigenvalue weighted by Crippen LogP contribution is -2.61. The number of carbonyl (C=O) groups excluding carboxylic acids is 3. The van der Waals surface area contributed by atoms with Crippen molar-refractivity contribution in [3.63, 3.8) is 0 Å². The van der Waals surface area contributed by atoms with E-state index in [4.69, 9.17) is 41.0 Å².